The van der Waals surface area contributed by atoms with Crippen LogP contribution in [0.15, 0.2) is 60.7 Å². The molecule has 2 N–H and O–H groups in total. The fourth-order valence-electron chi connectivity index (χ4n) is 3.41. The zero-order valence-electron chi connectivity index (χ0n) is 14.3. The van der Waals surface area contributed by atoms with Gasteiger partial charge in [0.1, 0.15) is 0 Å². The molecule has 4 heteroatoms. The molecule has 1 atom stereocenters. The molecule has 1 aliphatic rings. The van der Waals surface area contributed by atoms with Crippen molar-refractivity contribution in [3.05, 3.63) is 71.8 Å². The molecule has 1 fully saturated rings. The summed E-state index contributed by atoms with van der Waals surface area (Å²) in [7, 11) is 0. The first-order valence-electron chi connectivity index (χ1n) is 8.81. The summed E-state index contributed by atoms with van der Waals surface area (Å²) in [5, 5.41) is 6.09. The maximum Gasteiger partial charge on any atom is 0.220 e. The van der Waals surface area contributed by atoms with Crippen LogP contribution in [-0.4, -0.2) is 17.4 Å². The van der Waals surface area contributed by atoms with Gasteiger partial charge in [-0.05, 0) is 30.4 Å². The van der Waals surface area contributed by atoms with E-state index in [0.29, 0.717) is 25.8 Å². The van der Waals surface area contributed by atoms with E-state index in [1.54, 1.807) is 0 Å². The Morgan fingerprint density at radius 2 is 1.64 bits per heavy atom. The number of rotatable bonds is 7. The molecule has 4 nitrogen and oxygen atoms in total. The van der Waals surface area contributed by atoms with Gasteiger partial charge in [-0.15, -0.1) is 0 Å². The van der Waals surface area contributed by atoms with Crippen molar-refractivity contribution in [1.29, 1.82) is 0 Å². The normalized spacial score (nSPS) is 19.4. The highest BCUT2D eigenvalue weighted by molar-refractivity contribution is 5.80. The second kappa shape index (κ2) is 7.97. The molecule has 2 aromatic carbocycles. The van der Waals surface area contributed by atoms with Crippen LogP contribution in [0.25, 0.3) is 0 Å². The Morgan fingerprint density at radius 1 is 1.00 bits per heavy atom. The fraction of sp³-hybridized carbons (Fsp3) is 0.333. The third-order valence-corrected chi connectivity index (χ3v) is 4.78. The Bertz CT molecular complexity index is 715. The average Bonchev–Trinajstić information content (AvgIpc) is 3.01. The summed E-state index contributed by atoms with van der Waals surface area (Å²) in [4.78, 5) is 24.0. The number of carbonyl (C=O) groups is 2. The van der Waals surface area contributed by atoms with Gasteiger partial charge in [0.25, 0.3) is 0 Å². The minimum absolute atomic E-state index is 0.0254. The van der Waals surface area contributed by atoms with Crippen LogP contribution < -0.4 is 10.6 Å². The lowest BCUT2D eigenvalue weighted by molar-refractivity contribution is -0.122. The number of benzene rings is 2. The van der Waals surface area contributed by atoms with Crippen molar-refractivity contribution in [3.8, 4) is 0 Å². The molecule has 0 aliphatic carbocycles. The van der Waals surface area contributed by atoms with Gasteiger partial charge in [0.15, 0.2) is 0 Å². The molecule has 1 heterocycles. The van der Waals surface area contributed by atoms with Gasteiger partial charge in [0.05, 0.1) is 0 Å². The minimum Gasteiger partial charge on any atom is -0.352 e. The highest BCUT2D eigenvalue weighted by atomic mass is 16.2. The molecule has 0 radical (unpaired) electrons. The van der Waals surface area contributed by atoms with E-state index in [0.717, 1.165) is 18.4 Å². The predicted octanol–water partition coefficient (Wildman–Crippen LogP) is 2.97. The van der Waals surface area contributed by atoms with Crippen LogP contribution in [0.2, 0.25) is 0 Å². The summed E-state index contributed by atoms with van der Waals surface area (Å²) in [6.07, 6.45) is 3.17. The van der Waals surface area contributed by atoms with Crippen LogP contribution in [0.5, 0.6) is 0 Å². The summed E-state index contributed by atoms with van der Waals surface area (Å²) in [6, 6.07) is 20.0. The van der Waals surface area contributed by atoms with Gasteiger partial charge >= 0.3 is 0 Å². The number of hydrogen-bond donors (Lipinski definition) is 2. The van der Waals surface area contributed by atoms with E-state index in [4.69, 9.17) is 0 Å². The van der Waals surface area contributed by atoms with Crippen LogP contribution in [0, 0.1) is 0 Å². The molecule has 130 valence electrons. The maximum atomic E-state index is 12.2. The lowest BCUT2D eigenvalue weighted by Crippen LogP contribution is -2.44. The Morgan fingerprint density at radius 3 is 2.24 bits per heavy atom. The summed E-state index contributed by atoms with van der Waals surface area (Å²) in [5.74, 6) is 0.109. The molecule has 2 amide bonds. The summed E-state index contributed by atoms with van der Waals surface area (Å²) < 4.78 is 0. The molecule has 0 bridgehead atoms. The first-order valence-corrected chi connectivity index (χ1v) is 8.81. The molecular formula is C21H24N2O2. The van der Waals surface area contributed by atoms with Crippen LogP contribution >= 0.6 is 0 Å². The van der Waals surface area contributed by atoms with Gasteiger partial charge in [-0.3, -0.25) is 9.59 Å². The van der Waals surface area contributed by atoms with E-state index < -0.39 is 0 Å². The highest BCUT2D eigenvalue weighted by Crippen LogP contribution is 2.29. The third-order valence-electron chi connectivity index (χ3n) is 4.78. The Kier molecular flexibility index (Phi) is 5.49. The molecule has 0 aromatic heterocycles. The zero-order valence-corrected chi connectivity index (χ0v) is 14.3. The van der Waals surface area contributed by atoms with Crippen LogP contribution in [0.3, 0.4) is 0 Å². The molecule has 0 spiro atoms. The monoisotopic (exact) mass is 336 g/mol. The fourth-order valence-corrected chi connectivity index (χ4v) is 3.41. The highest BCUT2D eigenvalue weighted by Gasteiger charge is 2.37. The van der Waals surface area contributed by atoms with Crippen LogP contribution in [0.4, 0.5) is 0 Å². The van der Waals surface area contributed by atoms with Gasteiger partial charge < -0.3 is 10.6 Å². The van der Waals surface area contributed by atoms with E-state index in [2.05, 4.69) is 22.8 Å². The van der Waals surface area contributed by atoms with Gasteiger partial charge in [-0.1, -0.05) is 60.7 Å². The van der Waals surface area contributed by atoms with Crippen molar-refractivity contribution in [2.75, 3.05) is 0 Å². The van der Waals surface area contributed by atoms with E-state index >= 15 is 0 Å². The Balaban J connectivity index is 1.55. The average molecular weight is 336 g/mol. The van der Waals surface area contributed by atoms with Crippen molar-refractivity contribution in [1.82, 2.24) is 10.6 Å². The van der Waals surface area contributed by atoms with Gasteiger partial charge in [0, 0.05) is 24.9 Å². The van der Waals surface area contributed by atoms with E-state index in [1.807, 2.05) is 48.5 Å². The first-order chi connectivity index (χ1) is 12.2. The minimum atomic E-state index is -0.303. The van der Waals surface area contributed by atoms with Crippen molar-refractivity contribution in [2.45, 2.75) is 44.2 Å². The van der Waals surface area contributed by atoms with Crippen LogP contribution in [-0.2, 0) is 22.6 Å². The molecular weight excluding hydrogens is 312 g/mol. The number of carbonyl (C=O) groups excluding carboxylic acids is 2. The maximum absolute atomic E-state index is 12.2. The second-order valence-electron chi connectivity index (χ2n) is 6.75. The lowest BCUT2D eigenvalue weighted by Gasteiger charge is -2.29. The smallest absolute Gasteiger partial charge is 0.220 e. The molecule has 2 aromatic rings. The SMILES string of the molecule is O=C(CC[C@@]1(Cc2ccccc2)CCC(=O)N1)NCc1ccccc1. The standard InChI is InChI=1S/C21H24N2O2/c24-19(22-16-18-9-5-2-6-10-18)11-13-21(14-12-20(25)23-21)15-17-7-3-1-4-8-17/h1-10H,11-16H2,(H,22,24)(H,23,25)/t21-/m0/s1. The summed E-state index contributed by atoms with van der Waals surface area (Å²) in [5.41, 5.74) is 1.97. The molecule has 1 saturated heterocycles. The van der Waals surface area contributed by atoms with Crippen molar-refractivity contribution >= 4 is 11.8 Å². The topological polar surface area (TPSA) is 58.2 Å². The molecule has 25 heavy (non-hydrogen) atoms. The van der Waals surface area contributed by atoms with Gasteiger partial charge in [-0.25, -0.2) is 0 Å². The predicted molar refractivity (Wildman–Crippen MR) is 97.8 cm³/mol. The van der Waals surface area contributed by atoms with E-state index in [9.17, 15) is 9.59 Å². The molecule has 3 rings (SSSR count). The van der Waals surface area contributed by atoms with Crippen molar-refractivity contribution < 1.29 is 9.59 Å². The third kappa shape index (κ3) is 4.92. The Labute approximate surface area is 148 Å². The van der Waals surface area contributed by atoms with Gasteiger partial charge in [0.2, 0.25) is 11.8 Å². The van der Waals surface area contributed by atoms with E-state index in [-0.39, 0.29) is 17.4 Å². The Hall–Kier alpha value is -2.62. The van der Waals surface area contributed by atoms with Gasteiger partial charge in [-0.2, -0.15) is 0 Å². The van der Waals surface area contributed by atoms with Crippen molar-refractivity contribution in [3.63, 3.8) is 0 Å². The number of hydrogen-bond acceptors (Lipinski definition) is 2. The number of amides is 2. The summed E-state index contributed by atoms with van der Waals surface area (Å²) in [6.45, 7) is 0.539. The zero-order chi connectivity index (χ0) is 17.5. The molecule has 0 saturated carbocycles. The van der Waals surface area contributed by atoms with Crippen molar-refractivity contribution in [2.24, 2.45) is 0 Å². The molecule has 1 aliphatic heterocycles. The van der Waals surface area contributed by atoms with Crippen LogP contribution in [0.1, 0.15) is 36.8 Å². The first kappa shape index (κ1) is 17.2. The quantitative estimate of drug-likeness (QED) is 0.817. The summed E-state index contributed by atoms with van der Waals surface area (Å²) >= 11 is 0. The second-order valence-corrected chi connectivity index (χ2v) is 6.75. The lowest BCUT2D eigenvalue weighted by atomic mass is 9.85. The largest absolute Gasteiger partial charge is 0.352 e. The van der Waals surface area contributed by atoms with E-state index in [1.165, 1.54) is 5.56 Å². The molecule has 0 unspecified atom stereocenters. The number of nitrogens with one attached hydrogen (secondary N) is 2.